The summed E-state index contributed by atoms with van der Waals surface area (Å²) in [5.41, 5.74) is 0.958. The molecule has 0 aromatic heterocycles. The number of likely N-dealkylation sites (N-methyl/N-ethyl adjacent to an activating group) is 1. The Morgan fingerprint density at radius 2 is 2.29 bits per heavy atom. The quantitative estimate of drug-likeness (QED) is 0.643. The van der Waals surface area contributed by atoms with Gasteiger partial charge in [0.05, 0.1) is 12.0 Å². The highest BCUT2D eigenvalue weighted by molar-refractivity contribution is 5.48. The van der Waals surface area contributed by atoms with Crippen molar-refractivity contribution in [2.45, 2.75) is 31.8 Å². The van der Waals surface area contributed by atoms with E-state index in [1.807, 2.05) is 13.1 Å². The maximum absolute atomic E-state index is 11.0. The van der Waals surface area contributed by atoms with E-state index >= 15 is 0 Å². The highest BCUT2D eigenvalue weighted by Gasteiger charge is 2.17. The van der Waals surface area contributed by atoms with Gasteiger partial charge in [0.1, 0.15) is 0 Å². The molecular weight excluding hydrogens is 270 g/mol. The monoisotopic (exact) mass is 293 g/mol. The number of hydrogen-bond donors (Lipinski definition) is 1. The lowest BCUT2D eigenvalue weighted by molar-refractivity contribution is -0.385. The Kier molecular flexibility index (Phi) is 5.52. The minimum Gasteiger partial charge on any atom is -0.490 e. The van der Waals surface area contributed by atoms with E-state index in [0.717, 1.165) is 18.7 Å². The molecule has 1 saturated heterocycles. The Balaban J connectivity index is 1.98. The second-order valence-electron chi connectivity index (χ2n) is 5.61. The van der Waals surface area contributed by atoms with Crippen molar-refractivity contribution >= 4 is 5.69 Å². The smallest absolute Gasteiger partial charge is 0.311 e. The Bertz CT molecular complexity index is 487. The molecule has 1 heterocycles. The van der Waals surface area contributed by atoms with Crippen molar-refractivity contribution in [2.24, 2.45) is 0 Å². The molecule has 6 nitrogen and oxygen atoms in total. The summed E-state index contributed by atoms with van der Waals surface area (Å²) in [4.78, 5) is 12.8. The van der Waals surface area contributed by atoms with Gasteiger partial charge in [-0.3, -0.25) is 10.1 Å². The number of ether oxygens (including phenoxy) is 1. The minimum absolute atomic E-state index is 0.0270. The molecule has 1 atom stereocenters. The van der Waals surface area contributed by atoms with Crippen LogP contribution in [0, 0.1) is 10.1 Å². The fourth-order valence-corrected chi connectivity index (χ4v) is 2.81. The molecule has 1 aliphatic rings. The van der Waals surface area contributed by atoms with Crippen LogP contribution in [0.5, 0.6) is 5.75 Å². The van der Waals surface area contributed by atoms with E-state index in [1.165, 1.54) is 26.4 Å². The van der Waals surface area contributed by atoms with E-state index in [9.17, 15) is 10.1 Å². The predicted octanol–water partition coefficient (Wildman–Crippen LogP) is 2.18. The SMILES string of the molecule is COc1ccc(CN(C)CC2CCCCN2)cc1[N+](=O)[O-]. The average Bonchev–Trinajstić information content (AvgIpc) is 2.48. The molecule has 0 bridgehead atoms. The molecular formula is C15H23N3O3. The van der Waals surface area contributed by atoms with Crippen LogP contribution in [0.1, 0.15) is 24.8 Å². The van der Waals surface area contributed by atoms with Crippen molar-refractivity contribution in [1.82, 2.24) is 10.2 Å². The van der Waals surface area contributed by atoms with Gasteiger partial charge in [-0.1, -0.05) is 12.5 Å². The van der Waals surface area contributed by atoms with Crippen LogP contribution in [0.3, 0.4) is 0 Å². The summed E-state index contributed by atoms with van der Waals surface area (Å²) in [6, 6.07) is 5.68. The van der Waals surface area contributed by atoms with Crippen LogP contribution in [0.25, 0.3) is 0 Å². The van der Waals surface area contributed by atoms with E-state index < -0.39 is 4.92 Å². The lowest BCUT2D eigenvalue weighted by Crippen LogP contribution is -2.42. The van der Waals surface area contributed by atoms with Gasteiger partial charge < -0.3 is 15.0 Å². The molecule has 116 valence electrons. The number of hydrogen-bond acceptors (Lipinski definition) is 5. The number of nitrogens with one attached hydrogen (secondary N) is 1. The van der Waals surface area contributed by atoms with E-state index in [0.29, 0.717) is 18.3 Å². The van der Waals surface area contributed by atoms with E-state index in [-0.39, 0.29) is 5.69 Å². The van der Waals surface area contributed by atoms with Crippen molar-refractivity contribution < 1.29 is 9.66 Å². The summed E-state index contributed by atoms with van der Waals surface area (Å²) in [6.07, 6.45) is 3.73. The van der Waals surface area contributed by atoms with Crippen molar-refractivity contribution in [3.63, 3.8) is 0 Å². The van der Waals surface area contributed by atoms with E-state index in [4.69, 9.17) is 4.74 Å². The van der Waals surface area contributed by atoms with Gasteiger partial charge >= 0.3 is 5.69 Å². The van der Waals surface area contributed by atoms with Crippen molar-refractivity contribution in [2.75, 3.05) is 27.2 Å². The van der Waals surface area contributed by atoms with Crippen molar-refractivity contribution in [1.29, 1.82) is 0 Å². The normalized spacial score (nSPS) is 18.7. The molecule has 1 N–H and O–H groups in total. The molecule has 1 aliphatic heterocycles. The predicted molar refractivity (Wildman–Crippen MR) is 81.6 cm³/mol. The zero-order valence-corrected chi connectivity index (χ0v) is 12.7. The Hall–Kier alpha value is -1.66. The van der Waals surface area contributed by atoms with E-state index in [2.05, 4.69) is 10.2 Å². The first-order valence-corrected chi connectivity index (χ1v) is 7.33. The highest BCUT2D eigenvalue weighted by atomic mass is 16.6. The molecule has 0 radical (unpaired) electrons. The van der Waals surface area contributed by atoms with Crippen LogP contribution in [-0.4, -0.2) is 43.1 Å². The van der Waals surface area contributed by atoms with Crippen LogP contribution in [0.4, 0.5) is 5.69 Å². The van der Waals surface area contributed by atoms with Gasteiger partial charge in [0.25, 0.3) is 0 Å². The van der Waals surface area contributed by atoms with Gasteiger partial charge in [0.15, 0.2) is 5.75 Å². The summed E-state index contributed by atoms with van der Waals surface area (Å²) in [6.45, 7) is 2.75. The maximum Gasteiger partial charge on any atom is 0.311 e. The molecule has 1 unspecified atom stereocenters. The Morgan fingerprint density at radius 1 is 1.48 bits per heavy atom. The minimum atomic E-state index is -0.398. The molecule has 1 fully saturated rings. The number of nitrogens with zero attached hydrogens (tertiary/aromatic N) is 2. The second-order valence-corrected chi connectivity index (χ2v) is 5.61. The van der Waals surface area contributed by atoms with Crippen LogP contribution >= 0.6 is 0 Å². The molecule has 0 aliphatic carbocycles. The lowest BCUT2D eigenvalue weighted by atomic mass is 10.0. The van der Waals surface area contributed by atoms with Crippen LogP contribution in [0.15, 0.2) is 18.2 Å². The summed E-state index contributed by atoms with van der Waals surface area (Å²) in [7, 11) is 3.50. The number of methoxy groups -OCH3 is 1. The first-order valence-electron chi connectivity index (χ1n) is 7.33. The molecule has 2 rings (SSSR count). The van der Waals surface area contributed by atoms with Gasteiger partial charge in [0.2, 0.25) is 0 Å². The zero-order valence-electron chi connectivity index (χ0n) is 12.7. The number of piperidine rings is 1. The zero-order chi connectivity index (χ0) is 15.2. The first-order chi connectivity index (χ1) is 10.1. The summed E-state index contributed by atoms with van der Waals surface area (Å²) >= 11 is 0. The van der Waals surface area contributed by atoms with Crippen LogP contribution in [-0.2, 0) is 6.54 Å². The van der Waals surface area contributed by atoms with E-state index in [1.54, 1.807) is 12.1 Å². The van der Waals surface area contributed by atoms with Crippen LogP contribution < -0.4 is 10.1 Å². The molecule has 21 heavy (non-hydrogen) atoms. The molecule has 1 aromatic rings. The third kappa shape index (κ3) is 4.41. The fourth-order valence-electron chi connectivity index (χ4n) is 2.81. The Labute approximate surface area is 125 Å². The number of nitro benzene ring substituents is 1. The molecule has 6 heteroatoms. The van der Waals surface area contributed by atoms with Gasteiger partial charge in [0, 0.05) is 25.2 Å². The maximum atomic E-state index is 11.0. The summed E-state index contributed by atoms with van der Waals surface area (Å²) in [5.74, 6) is 0.306. The topological polar surface area (TPSA) is 67.6 Å². The standard InChI is InChI=1S/C15H23N3O3/c1-17(11-13-5-3-4-8-16-13)10-12-6-7-15(21-2)14(9-12)18(19)20/h6-7,9,13,16H,3-5,8,10-11H2,1-2H3. The molecule has 1 aromatic carbocycles. The van der Waals surface area contributed by atoms with Crippen molar-refractivity contribution in [3.8, 4) is 5.75 Å². The van der Waals surface area contributed by atoms with Crippen LogP contribution in [0.2, 0.25) is 0 Å². The van der Waals surface area contributed by atoms with Gasteiger partial charge in [-0.25, -0.2) is 0 Å². The second kappa shape index (κ2) is 7.38. The van der Waals surface area contributed by atoms with Gasteiger partial charge in [-0.05, 0) is 38.1 Å². The summed E-state index contributed by atoms with van der Waals surface area (Å²) in [5, 5.41) is 14.6. The fraction of sp³-hybridized carbons (Fsp3) is 0.600. The highest BCUT2D eigenvalue weighted by Crippen LogP contribution is 2.27. The molecule has 0 saturated carbocycles. The van der Waals surface area contributed by atoms with Crippen molar-refractivity contribution in [3.05, 3.63) is 33.9 Å². The van der Waals surface area contributed by atoms with Gasteiger partial charge in [-0.2, -0.15) is 0 Å². The number of rotatable bonds is 6. The number of nitro groups is 1. The van der Waals surface area contributed by atoms with Gasteiger partial charge in [-0.15, -0.1) is 0 Å². The third-order valence-corrected chi connectivity index (χ3v) is 3.84. The Morgan fingerprint density at radius 3 is 2.90 bits per heavy atom. The largest absolute Gasteiger partial charge is 0.490 e. The molecule has 0 spiro atoms. The first kappa shape index (κ1) is 15.7. The average molecular weight is 293 g/mol. The lowest BCUT2D eigenvalue weighted by Gasteiger charge is -2.28. The number of benzene rings is 1. The third-order valence-electron chi connectivity index (χ3n) is 3.84. The molecule has 0 amide bonds. The summed E-state index contributed by atoms with van der Waals surface area (Å²) < 4.78 is 5.02.